The topological polar surface area (TPSA) is 67.4 Å². The van der Waals surface area contributed by atoms with Gasteiger partial charge in [-0.1, -0.05) is 40.7 Å². The Kier molecular flexibility index (Phi) is 7.24. The molecular weight excluding hydrogens is 420 g/mol. The molecule has 28 heavy (non-hydrogen) atoms. The Balaban J connectivity index is 1.90. The average Bonchev–Trinajstić information content (AvgIpc) is 2.61. The van der Waals surface area contributed by atoms with E-state index in [0.29, 0.717) is 17.1 Å². The molecule has 2 amide bonds. The Labute approximate surface area is 175 Å². The molecule has 2 aromatic carbocycles. The largest absolute Gasteiger partial charge is 0.483 e. The van der Waals surface area contributed by atoms with Gasteiger partial charge in [0.1, 0.15) is 5.75 Å². The average molecular weight is 447 g/mol. The number of hydrogen-bond acceptors (Lipinski definition) is 3. The van der Waals surface area contributed by atoms with Crippen molar-refractivity contribution in [3.05, 3.63) is 52.5 Å². The van der Waals surface area contributed by atoms with Crippen molar-refractivity contribution in [1.29, 1.82) is 0 Å². The second-order valence-electron chi connectivity index (χ2n) is 7.95. The van der Waals surface area contributed by atoms with Gasteiger partial charge in [0.25, 0.3) is 5.91 Å². The molecule has 0 radical (unpaired) electrons. The van der Waals surface area contributed by atoms with Crippen LogP contribution in [-0.2, 0) is 15.0 Å². The zero-order chi connectivity index (χ0) is 20.9. The Bertz CT molecular complexity index is 840. The Morgan fingerprint density at radius 3 is 2.07 bits per heavy atom. The first-order valence-electron chi connectivity index (χ1n) is 9.20. The van der Waals surface area contributed by atoms with E-state index in [9.17, 15) is 9.59 Å². The van der Waals surface area contributed by atoms with Gasteiger partial charge in [-0.3, -0.25) is 9.59 Å². The van der Waals surface area contributed by atoms with Gasteiger partial charge >= 0.3 is 0 Å². The van der Waals surface area contributed by atoms with E-state index in [1.54, 1.807) is 24.3 Å². The van der Waals surface area contributed by atoms with E-state index < -0.39 is 0 Å². The Hall–Kier alpha value is -2.34. The third-order valence-electron chi connectivity index (χ3n) is 4.12. The summed E-state index contributed by atoms with van der Waals surface area (Å²) < 4.78 is 6.44. The smallest absolute Gasteiger partial charge is 0.262 e. The van der Waals surface area contributed by atoms with Crippen LogP contribution in [0.15, 0.2) is 46.9 Å². The van der Waals surface area contributed by atoms with E-state index in [1.165, 1.54) is 5.56 Å². The molecule has 0 aliphatic carbocycles. The number of amides is 2. The van der Waals surface area contributed by atoms with Crippen LogP contribution in [0, 0.1) is 5.92 Å². The van der Waals surface area contributed by atoms with Gasteiger partial charge in [0, 0.05) is 17.3 Å². The summed E-state index contributed by atoms with van der Waals surface area (Å²) in [7, 11) is 0. The molecule has 0 unspecified atom stereocenters. The van der Waals surface area contributed by atoms with Crippen molar-refractivity contribution in [2.75, 3.05) is 17.2 Å². The van der Waals surface area contributed by atoms with Crippen LogP contribution >= 0.6 is 15.9 Å². The predicted octanol–water partition coefficient (Wildman–Crippen LogP) is 5.36. The molecule has 6 heteroatoms. The summed E-state index contributed by atoms with van der Waals surface area (Å²) in [5.74, 6) is 0.224. The molecule has 0 fully saturated rings. The van der Waals surface area contributed by atoms with E-state index >= 15 is 0 Å². The SMILES string of the molecule is CC(C)C(=O)Nc1ccc(NC(=O)COc2ccc(C(C)(C)C)cc2Br)cc1. The molecule has 0 aliphatic heterocycles. The van der Waals surface area contributed by atoms with E-state index in [4.69, 9.17) is 4.74 Å². The standard InChI is InChI=1S/C22H27BrN2O3/c1-14(2)21(27)25-17-9-7-16(8-10-17)24-20(26)13-28-19-11-6-15(12-18(19)23)22(3,4)5/h6-12,14H,13H2,1-5H3,(H,24,26)(H,25,27). The number of halogens is 1. The second-order valence-corrected chi connectivity index (χ2v) is 8.81. The quantitative estimate of drug-likeness (QED) is 0.627. The summed E-state index contributed by atoms with van der Waals surface area (Å²) in [5, 5.41) is 5.59. The fourth-order valence-corrected chi connectivity index (χ4v) is 2.84. The van der Waals surface area contributed by atoms with Crippen molar-refractivity contribution in [3.63, 3.8) is 0 Å². The van der Waals surface area contributed by atoms with Crippen molar-refractivity contribution in [2.24, 2.45) is 5.92 Å². The van der Waals surface area contributed by atoms with Crippen LogP contribution in [-0.4, -0.2) is 18.4 Å². The highest BCUT2D eigenvalue weighted by atomic mass is 79.9. The highest BCUT2D eigenvalue weighted by Crippen LogP contribution is 2.31. The molecule has 0 saturated carbocycles. The number of rotatable bonds is 6. The Morgan fingerprint density at radius 1 is 1.00 bits per heavy atom. The maximum Gasteiger partial charge on any atom is 0.262 e. The zero-order valence-corrected chi connectivity index (χ0v) is 18.5. The van der Waals surface area contributed by atoms with E-state index in [1.807, 2.05) is 32.0 Å². The molecule has 0 aromatic heterocycles. The summed E-state index contributed by atoms with van der Waals surface area (Å²) in [6.45, 7) is 9.99. The van der Waals surface area contributed by atoms with Gasteiger partial charge in [-0.2, -0.15) is 0 Å². The lowest BCUT2D eigenvalue weighted by Gasteiger charge is -2.20. The van der Waals surface area contributed by atoms with Crippen LogP contribution in [0.25, 0.3) is 0 Å². The molecule has 2 rings (SSSR count). The van der Waals surface area contributed by atoms with Crippen molar-refractivity contribution in [1.82, 2.24) is 0 Å². The number of benzene rings is 2. The molecule has 0 heterocycles. The predicted molar refractivity (Wildman–Crippen MR) is 117 cm³/mol. The van der Waals surface area contributed by atoms with Gasteiger partial charge in [0.05, 0.1) is 4.47 Å². The number of hydrogen-bond donors (Lipinski definition) is 2. The summed E-state index contributed by atoms with van der Waals surface area (Å²) in [6.07, 6.45) is 0. The van der Waals surface area contributed by atoms with Gasteiger partial charge in [-0.25, -0.2) is 0 Å². The number of anilines is 2. The third kappa shape index (κ3) is 6.37. The molecule has 2 N–H and O–H groups in total. The van der Waals surface area contributed by atoms with E-state index in [-0.39, 0.29) is 29.8 Å². The maximum atomic E-state index is 12.2. The highest BCUT2D eigenvalue weighted by Gasteiger charge is 2.15. The zero-order valence-electron chi connectivity index (χ0n) is 16.9. The van der Waals surface area contributed by atoms with Crippen LogP contribution in [0.2, 0.25) is 0 Å². The minimum absolute atomic E-state index is 0.0409. The summed E-state index contributed by atoms with van der Waals surface area (Å²) in [5.41, 5.74) is 2.55. The van der Waals surface area contributed by atoms with Crippen molar-refractivity contribution in [3.8, 4) is 5.75 Å². The first kappa shape index (κ1) is 22.0. The van der Waals surface area contributed by atoms with Crippen LogP contribution in [0.3, 0.4) is 0 Å². The first-order chi connectivity index (χ1) is 13.1. The van der Waals surface area contributed by atoms with Gasteiger partial charge < -0.3 is 15.4 Å². The summed E-state index contributed by atoms with van der Waals surface area (Å²) in [6, 6.07) is 12.9. The van der Waals surface area contributed by atoms with Crippen molar-refractivity contribution >= 4 is 39.1 Å². The van der Waals surface area contributed by atoms with Crippen molar-refractivity contribution < 1.29 is 14.3 Å². The van der Waals surface area contributed by atoms with Crippen molar-refractivity contribution in [2.45, 2.75) is 40.0 Å². The normalized spacial score (nSPS) is 11.2. The third-order valence-corrected chi connectivity index (χ3v) is 4.74. The summed E-state index contributed by atoms with van der Waals surface area (Å²) >= 11 is 3.50. The maximum absolute atomic E-state index is 12.2. The molecule has 2 aromatic rings. The van der Waals surface area contributed by atoms with Crippen LogP contribution < -0.4 is 15.4 Å². The van der Waals surface area contributed by atoms with Gasteiger partial charge in [-0.15, -0.1) is 0 Å². The molecule has 0 spiro atoms. The minimum atomic E-state index is -0.259. The number of nitrogens with one attached hydrogen (secondary N) is 2. The number of ether oxygens (including phenoxy) is 1. The molecule has 150 valence electrons. The van der Waals surface area contributed by atoms with Crippen LogP contribution in [0.4, 0.5) is 11.4 Å². The molecule has 5 nitrogen and oxygen atoms in total. The van der Waals surface area contributed by atoms with Gasteiger partial charge in [-0.05, 0) is 63.3 Å². The highest BCUT2D eigenvalue weighted by molar-refractivity contribution is 9.10. The van der Waals surface area contributed by atoms with Gasteiger partial charge in [0.15, 0.2) is 6.61 Å². The molecule has 0 aliphatic rings. The molecule has 0 atom stereocenters. The monoisotopic (exact) mass is 446 g/mol. The number of carbonyl (C=O) groups excluding carboxylic acids is 2. The minimum Gasteiger partial charge on any atom is -0.483 e. The van der Waals surface area contributed by atoms with Gasteiger partial charge in [0.2, 0.25) is 5.91 Å². The van der Waals surface area contributed by atoms with Crippen LogP contribution in [0.1, 0.15) is 40.2 Å². The lowest BCUT2D eigenvalue weighted by molar-refractivity contribution is -0.119. The molecule has 0 bridgehead atoms. The van der Waals surface area contributed by atoms with Crippen LogP contribution in [0.5, 0.6) is 5.75 Å². The lowest BCUT2D eigenvalue weighted by Crippen LogP contribution is -2.20. The molecular formula is C22H27BrN2O3. The Morgan fingerprint density at radius 2 is 1.57 bits per heavy atom. The lowest BCUT2D eigenvalue weighted by atomic mass is 9.87. The second kappa shape index (κ2) is 9.24. The summed E-state index contributed by atoms with van der Waals surface area (Å²) in [4.78, 5) is 23.9. The fourth-order valence-electron chi connectivity index (χ4n) is 2.35. The van der Waals surface area contributed by atoms with E-state index in [0.717, 1.165) is 4.47 Å². The van der Waals surface area contributed by atoms with E-state index in [2.05, 4.69) is 47.3 Å². The fraction of sp³-hybridized carbons (Fsp3) is 0.364. The number of carbonyl (C=O) groups is 2. The molecule has 0 saturated heterocycles. The first-order valence-corrected chi connectivity index (χ1v) is 9.99.